The lowest BCUT2D eigenvalue weighted by molar-refractivity contribution is -0.138. The summed E-state index contributed by atoms with van der Waals surface area (Å²) in [6.45, 7) is 15.1. The molecule has 1 heterocycles. The molecule has 194 valence electrons. The van der Waals surface area contributed by atoms with Crippen LogP contribution in [0.25, 0.3) is 0 Å². The van der Waals surface area contributed by atoms with Crippen molar-refractivity contribution in [2.75, 3.05) is 19.6 Å². The zero-order valence-electron chi connectivity index (χ0n) is 23.1. The van der Waals surface area contributed by atoms with Crippen molar-refractivity contribution in [1.29, 1.82) is 0 Å². The minimum absolute atomic E-state index is 0.0511. The molecule has 4 heteroatoms. The summed E-state index contributed by atoms with van der Waals surface area (Å²) >= 11 is 0. The van der Waals surface area contributed by atoms with Crippen LogP contribution in [0.5, 0.6) is 0 Å². The Morgan fingerprint density at radius 1 is 0.758 bits per heavy atom. The van der Waals surface area contributed by atoms with Gasteiger partial charge < -0.3 is 10.2 Å². The fraction of sp³-hybridized carbons (Fsp3) is 0.931. The van der Waals surface area contributed by atoms with Crippen LogP contribution in [0.1, 0.15) is 138 Å². The normalized spacial score (nSPS) is 17.2. The zero-order valence-corrected chi connectivity index (χ0v) is 23.1. The van der Waals surface area contributed by atoms with Gasteiger partial charge in [-0.3, -0.25) is 9.59 Å². The van der Waals surface area contributed by atoms with E-state index in [9.17, 15) is 9.59 Å². The van der Waals surface area contributed by atoms with Gasteiger partial charge >= 0.3 is 0 Å². The summed E-state index contributed by atoms with van der Waals surface area (Å²) in [5.41, 5.74) is -0.180. The molecule has 1 aliphatic rings. The highest BCUT2D eigenvalue weighted by molar-refractivity contribution is 5.86. The molecule has 0 aromatic rings. The van der Waals surface area contributed by atoms with Gasteiger partial charge in [-0.1, -0.05) is 98.8 Å². The third-order valence-corrected chi connectivity index (χ3v) is 7.87. The second-order valence-corrected chi connectivity index (χ2v) is 11.5. The minimum atomic E-state index is -0.231. The van der Waals surface area contributed by atoms with Crippen molar-refractivity contribution in [3.05, 3.63) is 0 Å². The van der Waals surface area contributed by atoms with E-state index in [4.69, 9.17) is 0 Å². The number of rotatable bonds is 18. The summed E-state index contributed by atoms with van der Waals surface area (Å²) in [5, 5.41) is 3.64. The van der Waals surface area contributed by atoms with Crippen molar-refractivity contribution in [3.63, 3.8) is 0 Å². The van der Waals surface area contributed by atoms with Crippen LogP contribution in [0.15, 0.2) is 0 Å². The number of nitrogens with one attached hydrogen (secondary N) is 1. The van der Waals surface area contributed by atoms with E-state index in [1.807, 2.05) is 4.90 Å². The number of amides is 1. The molecule has 0 bridgehead atoms. The topological polar surface area (TPSA) is 49.4 Å². The summed E-state index contributed by atoms with van der Waals surface area (Å²) in [7, 11) is 0. The van der Waals surface area contributed by atoms with Gasteiger partial charge in [-0.25, -0.2) is 0 Å². The molecule has 4 nitrogen and oxygen atoms in total. The van der Waals surface area contributed by atoms with Crippen molar-refractivity contribution >= 4 is 11.7 Å². The molecule has 0 spiro atoms. The number of Topliss-reactive ketones (excluding diaryl/α,β-unsaturated/α-hetero) is 1. The summed E-state index contributed by atoms with van der Waals surface area (Å²) < 4.78 is 0. The minimum Gasteiger partial charge on any atom is -0.342 e. The maximum Gasteiger partial charge on any atom is 0.236 e. The van der Waals surface area contributed by atoms with Gasteiger partial charge in [-0.05, 0) is 39.0 Å². The first-order valence-electron chi connectivity index (χ1n) is 14.3. The van der Waals surface area contributed by atoms with Gasteiger partial charge in [0.25, 0.3) is 0 Å². The molecule has 0 aromatic heterocycles. The van der Waals surface area contributed by atoms with E-state index in [0.29, 0.717) is 12.3 Å². The number of likely N-dealkylation sites (tertiary alicyclic amines) is 1. The van der Waals surface area contributed by atoms with Gasteiger partial charge in [0.1, 0.15) is 5.78 Å². The Bertz CT molecular complexity index is 552. The van der Waals surface area contributed by atoms with Gasteiger partial charge in [0.2, 0.25) is 5.91 Å². The number of ketones is 1. The number of hydrogen-bond donors (Lipinski definition) is 1. The van der Waals surface area contributed by atoms with Crippen molar-refractivity contribution in [1.82, 2.24) is 10.2 Å². The Morgan fingerprint density at radius 3 is 1.82 bits per heavy atom. The van der Waals surface area contributed by atoms with E-state index in [1.54, 1.807) is 0 Å². The average Bonchev–Trinajstić information content (AvgIpc) is 2.81. The number of piperidine rings is 1. The van der Waals surface area contributed by atoms with Crippen molar-refractivity contribution in [2.45, 2.75) is 143 Å². The van der Waals surface area contributed by atoms with E-state index in [0.717, 1.165) is 51.6 Å². The smallest absolute Gasteiger partial charge is 0.236 e. The van der Waals surface area contributed by atoms with Crippen LogP contribution in [0, 0.1) is 11.3 Å². The third kappa shape index (κ3) is 11.4. The van der Waals surface area contributed by atoms with E-state index in [2.05, 4.69) is 46.9 Å². The molecule has 0 saturated carbocycles. The van der Waals surface area contributed by atoms with Crippen LogP contribution in [-0.4, -0.2) is 41.8 Å². The molecule has 1 aliphatic heterocycles. The van der Waals surface area contributed by atoms with E-state index in [-0.39, 0.29) is 22.8 Å². The quantitative estimate of drug-likeness (QED) is 0.216. The molecule has 0 radical (unpaired) electrons. The fourth-order valence-electron chi connectivity index (χ4n) is 5.27. The number of carbonyl (C=O) groups is 2. The van der Waals surface area contributed by atoms with Crippen LogP contribution in [-0.2, 0) is 9.59 Å². The first-order valence-corrected chi connectivity index (χ1v) is 14.3. The van der Waals surface area contributed by atoms with Gasteiger partial charge in [-0.15, -0.1) is 0 Å². The molecule has 0 aliphatic carbocycles. The molecule has 1 atom stereocenters. The third-order valence-electron chi connectivity index (χ3n) is 7.87. The monoisotopic (exact) mass is 464 g/mol. The Balaban J connectivity index is 2.48. The van der Waals surface area contributed by atoms with E-state index < -0.39 is 0 Å². The predicted molar refractivity (Wildman–Crippen MR) is 142 cm³/mol. The fourth-order valence-corrected chi connectivity index (χ4v) is 5.27. The summed E-state index contributed by atoms with van der Waals surface area (Å²) in [6.07, 6.45) is 17.2. The van der Waals surface area contributed by atoms with E-state index >= 15 is 0 Å². The maximum atomic E-state index is 13.1. The highest BCUT2D eigenvalue weighted by atomic mass is 16.2. The number of hydrogen-bond acceptors (Lipinski definition) is 3. The van der Waals surface area contributed by atoms with Gasteiger partial charge in [0.05, 0.1) is 6.54 Å². The molecule has 1 fully saturated rings. The van der Waals surface area contributed by atoms with Crippen LogP contribution < -0.4 is 5.32 Å². The molecular weight excluding hydrogens is 408 g/mol. The molecule has 1 N–H and O–H groups in total. The lowest BCUT2D eigenvalue weighted by atomic mass is 9.74. The molecule has 1 amide bonds. The van der Waals surface area contributed by atoms with Gasteiger partial charge in [0, 0.05) is 30.0 Å². The van der Waals surface area contributed by atoms with Crippen molar-refractivity contribution in [2.24, 2.45) is 11.3 Å². The molecule has 1 rings (SSSR count). The Morgan fingerprint density at radius 2 is 1.27 bits per heavy atom. The summed E-state index contributed by atoms with van der Waals surface area (Å²) in [5.74, 6) is 0.746. The maximum absolute atomic E-state index is 13.1. The van der Waals surface area contributed by atoms with Gasteiger partial charge in [0.15, 0.2) is 0 Å². The van der Waals surface area contributed by atoms with Crippen LogP contribution in [0.3, 0.4) is 0 Å². The largest absolute Gasteiger partial charge is 0.342 e. The lowest BCUT2D eigenvalue weighted by Gasteiger charge is -2.36. The highest BCUT2D eigenvalue weighted by Gasteiger charge is 2.36. The van der Waals surface area contributed by atoms with Crippen molar-refractivity contribution in [3.8, 4) is 0 Å². The number of nitrogens with zero attached hydrogens (tertiary/aromatic N) is 1. The summed E-state index contributed by atoms with van der Waals surface area (Å²) in [6, 6.07) is 0. The summed E-state index contributed by atoms with van der Waals surface area (Å²) in [4.78, 5) is 28.1. The van der Waals surface area contributed by atoms with Crippen LogP contribution >= 0.6 is 0 Å². The average molecular weight is 465 g/mol. The van der Waals surface area contributed by atoms with Gasteiger partial charge in [-0.2, -0.15) is 0 Å². The lowest BCUT2D eigenvalue weighted by Crippen LogP contribution is -2.50. The Kier molecular flexibility index (Phi) is 14.5. The Hall–Kier alpha value is -0.900. The second kappa shape index (κ2) is 15.9. The molecule has 33 heavy (non-hydrogen) atoms. The first kappa shape index (κ1) is 30.1. The molecule has 1 saturated heterocycles. The first-order chi connectivity index (χ1) is 15.7. The molecule has 0 aromatic carbocycles. The van der Waals surface area contributed by atoms with Crippen LogP contribution in [0.4, 0.5) is 0 Å². The predicted octanol–water partition coefficient (Wildman–Crippen LogP) is 7.30. The zero-order chi connectivity index (χ0) is 24.7. The molecular formula is C29H56N2O2. The second-order valence-electron chi connectivity index (χ2n) is 11.5. The molecule has 1 unspecified atom stereocenters. The SMILES string of the molecule is CCCCCCC(C)(CCCC)NCC(=O)N1CCC(C(=O)C(C)(C)CCCCCC)CC1. The Labute approximate surface area is 206 Å². The van der Waals surface area contributed by atoms with Crippen LogP contribution in [0.2, 0.25) is 0 Å². The number of unbranched alkanes of at least 4 members (excludes halogenated alkanes) is 7. The number of carbonyl (C=O) groups excluding carboxylic acids is 2. The highest BCUT2D eigenvalue weighted by Crippen LogP contribution is 2.32. The van der Waals surface area contributed by atoms with Crippen molar-refractivity contribution < 1.29 is 9.59 Å². The van der Waals surface area contributed by atoms with E-state index in [1.165, 1.54) is 57.8 Å². The standard InChI is InChI=1S/C29H56N2O2/c1-7-10-13-15-19-28(4,5)27(33)25-17-22-31(23-18-25)26(32)24-30-29(6,20-12-9-3)21-16-14-11-8-2/h25,30H,7-24H2,1-6H3.